The molecule has 0 amide bonds. The van der Waals surface area contributed by atoms with Crippen LogP contribution in [0.2, 0.25) is 0 Å². The summed E-state index contributed by atoms with van der Waals surface area (Å²) in [6, 6.07) is 3.51. The molecule has 0 unspecified atom stereocenters. The summed E-state index contributed by atoms with van der Waals surface area (Å²) in [4.78, 5) is 16.8. The minimum absolute atomic E-state index is 0.608. The Bertz CT molecular complexity index is 347. The highest BCUT2D eigenvalue weighted by molar-refractivity contribution is 5.82. The molecule has 0 saturated carbocycles. The first kappa shape index (κ1) is 10.4. The zero-order valence-electron chi connectivity index (χ0n) is 8.53. The van der Waals surface area contributed by atoms with Crippen molar-refractivity contribution in [2.45, 2.75) is 6.92 Å². The molecule has 0 saturated heterocycles. The lowest BCUT2D eigenvalue weighted by Gasteiger charge is -2.19. The van der Waals surface area contributed by atoms with Crippen LogP contribution in [0.25, 0.3) is 0 Å². The molecule has 0 aliphatic carbocycles. The molecular formula is C11H14N2O. The molecule has 0 radical (unpaired) electrons. The van der Waals surface area contributed by atoms with Crippen LogP contribution >= 0.6 is 0 Å². The number of aldehydes is 1. The number of carbonyl (C=O) groups is 1. The number of likely N-dealkylation sites (N-methyl/N-ethyl adjacent to an activating group) is 1. The van der Waals surface area contributed by atoms with Crippen LogP contribution in [0.4, 0.5) is 5.82 Å². The number of aromatic nitrogens is 1. The Balaban J connectivity index is 2.93. The zero-order valence-corrected chi connectivity index (χ0v) is 8.53. The van der Waals surface area contributed by atoms with Crippen molar-refractivity contribution >= 4 is 12.1 Å². The topological polar surface area (TPSA) is 33.2 Å². The smallest absolute Gasteiger partial charge is 0.153 e. The van der Waals surface area contributed by atoms with Crippen LogP contribution in [0.5, 0.6) is 0 Å². The van der Waals surface area contributed by atoms with Crippen molar-refractivity contribution < 1.29 is 4.79 Å². The first-order valence-corrected chi connectivity index (χ1v) is 4.41. The van der Waals surface area contributed by atoms with Gasteiger partial charge in [0, 0.05) is 19.8 Å². The summed E-state index contributed by atoms with van der Waals surface area (Å²) in [7, 11) is 1.89. The fraction of sp³-hybridized carbons (Fsp3) is 0.273. The van der Waals surface area contributed by atoms with E-state index in [1.807, 2.05) is 18.9 Å². The van der Waals surface area contributed by atoms with Crippen LogP contribution in [0, 0.1) is 0 Å². The number of pyridine rings is 1. The van der Waals surface area contributed by atoms with Crippen molar-refractivity contribution in [3.63, 3.8) is 0 Å². The van der Waals surface area contributed by atoms with Crippen LogP contribution in [0.15, 0.2) is 30.5 Å². The molecule has 1 rings (SSSR count). The molecule has 1 aromatic heterocycles. The van der Waals surface area contributed by atoms with Gasteiger partial charge in [0.1, 0.15) is 5.82 Å². The molecule has 1 aromatic rings. The molecule has 74 valence electrons. The maximum atomic E-state index is 10.7. The third-order valence-electron chi connectivity index (χ3n) is 1.81. The van der Waals surface area contributed by atoms with Gasteiger partial charge in [-0.25, -0.2) is 4.98 Å². The minimum Gasteiger partial charge on any atom is -0.355 e. The number of anilines is 1. The Morgan fingerprint density at radius 3 is 3.00 bits per heavy atom. The van der Waals surface area contributed by atoms with Gasteiger partial charge in [-0.1, -0.05) is 12.2 Å². The molecule has 0 aromatic carbocycles. The molecule has 3 heteroatoms. The molecular weight excluding hydrogens is 176 g/mol. The minimum atomic E-state index is 0.608. The summed E-state index contributed by atoms with van der Waals surface area (Å²) < 4.78 is 0. The molecule has 0 spiro atoms. The van der Waals surface area contributed by atoms with E-state index in [1.54, 1.807) is 18.3 Å². The van der Waals surface area contributed by atoms with Gasteiger partial charge in [-0.05, 0) is 19.1 Å². The van der Waals surface area contributed by atoms with E-state index >= 15 is 0 Å². The summed E-state index contributed by atoms with van der Waals surface area (Å²) in [5.41, 5.74) is 1.64. The predicted molar refractivity (Wildman–Crippen MR) is 57.7 cm³/mol. The van der Waals surface area contributed by atoms with Crippen molar-refractivity contribution in [1.82, 2.24) is 4.98 Å². The van der Waals surface area contributed by atoms with E-state index in [4.69, 9.17) is 0 Å². The normalized spacial score (nSPS) is 9.57. The van der Waals surface area contributed by atoms with Gasteiger partial charge in [0.05, 0.1) is 5.56 Å². The molecule has 1 heterocycles. The maximum absolute atomic E-state index is 10.7. The Labute approximate surface area is 84.1 Å². The SMILES string of the molecule is C=C(C)CN(C)c1ncccc1C=O. The van der Waals surface area contributed by atoms with Gasteiger partial charge >= 0.3 is 0 Å². The second-order valence-corrected chi connectivity index (χ2v) is 3.35. The summed E-state index contributed by atoms with van der Waals surface area (Å²) in [5.74, 6) is 0.700. The Kier molecular flexibility index (Phi) is 3.40. The molecule has 3 nitrogen and oxygen atoms in total. The predicted octanol–water partition coefficient (Wildman–Crippen LogP) is 1.91. The second-order valence-electron chi connectivity index (χ2n) is 3.35. The summed E-state index contributed by atoms with van der Waals surface area (Å²) in [6.07, 6.45) is 2.49. The van der Waals surface area contributed by atoms with Crippen molar-refractivity contribution in [2.75, 3.05) is 18.5 Å². The second kappa shape index (κ2) is 4.56. The fourth-order valence-corrected chi connectivity index (χ4v) is 1.30. The van der Waals surface area contributed by atoms with Crippen LogP contribution in [0.1, 0.15) is 17.3 Å². The standard InChI is InChI=1S/C11H14N2O/c1-9(2)7-13(3)11-10(8-14)5-4-6-12-11/h4-6,8H,1,7H2,2-3H3. The third kappa shape index (κ3) is 2.42. The van der Waals surface area contributed by atoms with E-state index in [2.05, 4.69) is 11.6 Å². The van der Waals surface area contributed by atoms with E-state index in [1.165, 1.54) is 0 Å². The fourth-order valence-electron chi connectivity index (χ4n) is 1.30. The van der Waals surface area contributed by atoms with Gasteiger partial charge in [0.15, 0.2) is 6.29 Å². The summed E-state index contributed by atoms with van der Waals surface area (Å²) in [6.45, 7) is 6.47. The van der Waals surface area contributed by atoms with E-state index in [-0.39, 0.29) is 0 Å². The van der Waals surface area contributed by atoms with Crippen LogP contribution in [0.3, 0.4) is 0 Å². The molecule has 0 aliphatic rings. The van der Waals surface area contributed by atoms with Crippen molar-refractivity contribution in [3.05, 3.63) is 36.0 Å². The Hall–Kier alpha value is -1.64. The van der Waals surface area contributed by atoms with Gasteiger partial charge in [0.25, 0.3) is 0 Å². The van der Waals surface area contributed by atoms with E-state index in [0.29, 0.717) is 17.9 Å². The van der Waals surface area contributed by atoms with Crippen molar-refractivity contribution in [2.24, 2.45) is 0 Å². The van der Waals surface area contributed by atoms with Crippen LogP contribution in [-0.2, 0) is 0 Å². The molecule has 0 atom stereocenters. The highest BCUT2D eigenvalue weighted by Gasteiger charge is 2.06. The zero-order chi connectivity index (χ0) is 10.6. The Morgan fingerprint density at radius 2 is 2.43 bits per heavy atom. The van der Waals surface area contributed by atoms with E-state index < -0.39 is 0 Å². The van der Waals surface area contributed by atoms with Gasteiger partial charge < -0.3 is 4.90 Å². The molecule has 0 N–H and O–H groups in total. The molecule has 0 aliphatic heterocycles. The highest BCUT2D eigenvalue weighted by Crippen LogP contribution is 2.14. The third-order valence-corrected chi connectivity index (χ3v) is 1.81. The average molecular weight is 190 g/mol. The highest BCUT2D eigenvalue weighted by atomic mass is 16.1. The number of rotatable bonds is 4. The molecule has 0 fully saturated rings. The quantitative estimate of drug-likeness (QED) is 0.537. The van der Waals surface area contributed by atoms with Crippen molar-refractivity contribution in [3.8, 4) is 0 Å². The lowest BCUT2D eigenvalue weighted by atomic mass is 10.2. The van der Waals surface area contributed by atoms with E-state index in [9.17, 15) is 4.79 Å². The summed E-state index contributed by atoms with van der Waals surface area (Å²) >= 11 is 0. The lowest BCUT2D eigenvalue weighted by molar-refractivity contribution is 0.112. The van der Waals surface area contributed by atoms with Crippen molar-refractivity contribution in [1.29, 1.82) is 0 Å². The largest absolute Gasteiger partial charge is 0.355 e. The van der Waals surface area contributed by atoms with E-state index in [0.717, 1.165) is 11.9 Å². The number of nitrogens with zero attached hydrogens (tertiary/aromatic N) is 2. The summed E-state index contributed by atoms with van der Waals surface area (Å²) in [5, 5.41) is 0. The average Bonchev–Trinajstić information content (AvgIpc) is 2.16. The molecule has 14 heavy (non-hydrogen) atoms. The monoisotopic (exact) mass is 190 g/mol. The Morgan fingerprint density at radius 1 is 1.71 bits per heavy atom. The maximum Gasteiger partial charge on any atom is 0.153 e. The van der Waals surface area contributed by atoms with Gasteiger partial charge in [0.2, 0.25) is 0 Å². The lowest BCUT2D eigenvalue weighted by Crippen LogP contribution is -2.21. The van der Waals surface area contributed by atoms with Crippen LogP contribution < -0.4 is 4.90 Å². The van der Waals surface area contributed by atoms with Gasteiger partial charge in [-0.2, -0.15) is 0 Å². The van der Waals surface area contributed by atoms with Crippen LogP contribution in [-0.4, -0.2) is 24.9 Å². The number of hydrogen-bond acceptors (Lipinski definition) is 3. The van der Waals surface area contributed by atoms with Gasteiger partial charge in [-0.3, -0.25) is 4.79 Å². The number of carbonyl (C=O) groups excluding carboxylic acids is 1. The first-order valence-electron chi connectivity index (χ1n) is 4.41. The van der Waals surface area contributed by atoms with Gasteiger partial charge in [-0.15, -0.1) is 0 Å². The first-order chi connectivity index (χ1) is 6.65. The molecule has 0 bridgehead atoms. The number of hydrogen-bond donors (Lipinski definition) is 0.